The third-order valence-corrected chi connectivity index (χ3v) is 3.11. The summed E-state index contributed by atoms with van der Waals surface area (Å²) < 4.78 is 5.32. The molecule has 1 fully saturated rings. The van der Waals surface area contributed by atoms with Crippen LogP contribution in [0.15, 0.2) is 23.0 Å². The van der Waals surface area contributed by atoms with E-state index >= 15 is 0 Å². The van der Waals surface area contributed by atoms with E-state index in [1.165, 1.54) is 6.07 Å². The van der Waals surface area contributed by atoms with E-state index in [-0.39, 0.29) is 5.56 Å². The number of ether oxygens (including phenoxy) is 1. The Kier molecular flexibility index (Phi) is 4.92. The summed E-state index contributed by atoms with van der Waals surface area (Å²) in [4.78, 5) is 16.4. The topological polar surface area (TPSA) is 57.4 Å². The predicted octanol–water partition coefficient (Wildman–Crippen LogP) is 0.185. The number of aromatic nitrogens is 1. The summed E-state index contributed by atoms with van der Waals surface area (Å²) in [7, 11) is 0. The van der Waals surface area contributed by atoms with Crippen LogP contribution in [0.5, 0.6) is 0 Å². The first kappa shape index (κ1) is 13.3. The van der Waals surface area contributed by atoms with Crippen molar-refractivity contribution in [3.05, 3.63) is 34.2 Å². The van der Waals surface area contributed by atoms with Gasteiger partial charge in [0.15, 0.2) is 0 Å². The Bertz CT molecular complexity index is 413. The van der Waals surface area contributed by atoms with Gasteiger partial charge in [-0.25, -0.2) is 0 Å². The molecular weight excluding hydrogens is 230 g/mol. The molecule has 0 saturated carbocycles. The minimum Gasteiger partial charge on any atom is -0.379 e. The highest BCUT2D eigenvalue weighted by molar-refractivity contribution is 5.03. The lowest BCUT2D eigenvalue weighted by molar-refractivity contribution is 0.0343. The maximum atomic E-state index is 11.1. The normalized spacial score (nSPS) is 18.7. The second-order valence-electron chi connectivity index (χ2n) is 4.74. The molecule has 5 heteroatoms. The number of hydrogen-bond acceptors (Lipinski definition) is 4. The summed E-state index contributed by atoms with van der Waals surface area (Å²) >= 11 is 0. The van der Waals surface area contributed by atoms with Gasteiger partial charge in [0.05, 0.1) is 13.2 Å². The summed E-state index contributed by atoms with van der Waals surface area (Å²) in [5, 5.41) is 3.42. The molecule has 0 amide bonds. The fourth-order valence-electron chi connectivity index (χ4n) is 2.12. The predicted molar refractivity (Wildman–Crippen MR) is 70.6 cm³/mol. The standard InChI is InChI=1S/C13H21N3O2/c1-11(10-16-5-7-18-8-6-16)14-9-12-3-2-4-13(17)15-12/h2-4,11,14H,5-10H2,1H3,(H,15,17). The zero-order chi connectivity index (χ0) is 12.8. The van der Waals surface area contributed by atoms with Gasteiger partial charge in [-0.1, -0.05) is 6.07 Å². The van der Waals surface area contributed by atoms with Crippen LogP contribution in [-0.2, 0) is 11.3 Å². The molecule has 0 radical (unpaired) electrons. The van der Waals surface area contributed by atoms with Crippen molar-refractivity contribution >= 4 is 0 Å². The SMILES string of the molecule is CC(CN1CCOCC1)NCc1cccc(=O)[nH]1. The second-order valence-corrected chi connectivity index (χ2v) is 4.74. The van der Waals surface area contributed by atoms with E-state index in [1.54, 1.807) is 6.07 Å². The van der Waals surface area contributed by atoms with Gasteiger partial charge in [0.2, 0.25) is 5.56 Å². The van der Waals surface area contributed by atoms with E-state index in [0.717, 1.165) is 38.5 Å². The molecule has 1 unspecified atom stereocenters. The van der Waals surface area contributed by atoms with Crippen LogP contribution in [0.25, 0.3) is 0 Å². The Labute approximate surface area is 107 Å². The first-order chi connectivity index (χ1) is 8.74. The largest absolute Gasteiger partial charge is 0.379 e. The molecular formula is C13H21N3O2. The van der Waals surface area contributed by atoms with Gasteiger partial charge in [-0.05, 0) is 13.0 Å². The molecule has 1 aliphatic rings. The Balaban J connectivity index is 1.74. The minimum absolute atomic E-state index is 0.0462. The summed E-state index contributed by atoms with van der Waals surface area (Å²) in [5.74, 6) is 0. The van der Waals surface area contributed by atoms with Gasteiger partial charge in [0.25, 0.3) is 0 Å². The van der Waals surface area contributed by atoms with Crippen molar-refractivity contribution in [3.63, 3.8) is 0 Å². The van der Waals surface area contributed by atoms with Gasteiger partial charge in [0, 0.05) is 44.0 Å². The van der Waals surface area contributed by atoms with Crippen molar-refractivity contribution < 1.29 is 4.74 Å². The highest BCUT2D eigenvalue weighted by Crippen LogP contribution is 1.99. The summed E-state index contributed by atoms with van der Waals surface area (Å²) in [6.45, 7) is 7.55. The molecule has 1 atom stereocenters. The Hall–Kier alpha value is -1.17. The first-order valence-electron chi connectivity index (χ1n) is 6.46. The number of H-pyrrole nitrogens is 1. The van der Waals surface area contributed by atoms with Crippen molar-refractivity contribution in [2.24, 2.45) is 0 Å². The molecule has 18 heavy (non-hydrogen) atoms. The average Bonchev–Trinajstić information content (AvgIpc) is 2.38. The minimum atomic E-state index is -0.0462. The van der Waals surface area contributed by atoms with Crippen LogP contribution in [-0.4, -0.2) is 48.8 Å². The third-order valence-electron chi connectivity index (χ3n) is 3.11. The van der Waals surface area contributed by atoms with E-state index in [2.05, 4.69) is 22.1 Å². The number of pyridine rings is 1. The number of nitrogens with one attached hydrogen (secondary N) is 2. The van der Waals surface area contributed by atoms with Crippen LogP contribution in [0, 0.1) is 0 Å². The van der Waals surface area contributed by atoms with Crippen molar-refractivity contribution in [1.29, 1.82) is 0 Å². The molecule has 2 N–H and O–H groups in total. The molecule has 0 bridgehead atoms. The lowest BCUT2D eigenvalue weighted by Crippen LogP contribution is -2.44. The molecule has 1 aliphatic heterocycles. The summed E-state index contributed by atoms with van der Waals surface area (Å²) in [5.41, 5.74) is 0.881. The molecule has 1 saturated heterocycles. The van der Waals surface area contributed by atoms with Crippen LogP contribution >= 0.6 is 0 Å². The Morgan fingerprint density at radius 3 is 2.94 bits per heavy atom. The molecule has 0 aliphatic carbocycles. The highest BCUT2D eigenvalue weighted by atomic mass is 16.5. The fourth-order valence-corrected chi connectivity index (χ4v) is 2.12. The van der Waals surface area contributed by atoms with Gasteiger partial charge in [-0.3, -0.25) is 9.69 Å². The molecule has 1 aromatic rings. The molecule has 2 rings (SSSR count). The number of hydrogen-bond donors (Lipinski definition) is 2. The molecule has 1 aromatic heterocycles. The molecule has 100 valence electrons. The number of morpholine rings is 1. The zero-order valence-electron chi connectivity index (χ0n) is 10.8. The Morgan fingerprint density at radius 1 is 1.44 bits per heavy atom. The molecule has 5 nitrogen and oxygen atoms in total. The lowest BCUT2D eigenvalue weighted by atomic mass is 10.2. The number of aromatic amines is 1. The smallest absolute Gasteiger partial charge is 0.248 e. The molecule has 2 heterocycles. The van der Waals surface area contributed by atoms with Crippen molar-refractivity contribution in [3.8, 4) is 0 Å². The van der Waals surface area contributed by atoms with E-state index in [9.17, 15) is 4.79 Å². The van der Waals surface area contributed by atoms with Crippen LogP contribution < -0.4 is 10.9 Å². The molecule has 0 spiro atoms. The van der Waals surface area contributed by atoms with Crippen molar-refractivity contribution in [2.75, 3.05) is 32.8 Å². The summed E-state index contributed by atoms with van der Waals surface area (Å²) in [6, 6.07) is 5.63. The van der Waals surface area contributed by atoms with Crippen LogP contribution in [0.4, 0.5) is 0 Å². The van der Waals surface area contributed by atoms with Crippen LogP contribution in [0.1, 0.15) is 12.6 Å². The highest BCUT2D eigenvalue weighted by Gasteiger charge is 2.13. The van der Waals surface area contributed by atoms with E-state index in [4.69, 9.17) is 4.74 Å². The maximum absolute atomic E-state index is 11.1. The van der Waals surface area contributed by atoms with Crippen molar-refractivity contribution in [2.45, 2.75) is 19.5 Å². The van der Waals surface area contributed by atoms with E-state index in [1.807, 2.05) is 6.07 Å². The lowest BCUT2D eigenvalue weighted by Gasteiger charge is -2.29. The van der Waals surface area contributed by atoms with Gasteiger partial charge in [-0.2, -0.15) is 0 Å². The quantitative estimate of drug-likeness (QED) is 0.784. The monoisotopic (exact) mass is 251 g/mol. The fraction of sp³-hybridized carbons (Fsp3) is 0.615. The number of rotatable bonds is 5. The van der Waals surface area contributed by atoms with E-state index < -0.39 is 0 Å². The van der Waals surface area contributed by atoms with Gasteiger partial charge >= 0.3 is 0 Å². The third kappa shape index (κ3) is 4.25. The van der Waals surface area contributed by atoms with Crippen LogP contribution in [0.3, 0.4) is 0 Å². The summed E-state index contributed by atoms with van der Waals surface area (Å²) in [6.07, 6.45) is 0. The molecule has 0 aromatic carbocycles. The first-order valence-corrected chi connectivity index (χ1v) is 6.46. The van der Waals surface area contributed by atoms with Gasteiger partial charge in [-0.15, -0.1) is 0 Å². The zero-order valence-corrected chi connectivity index (χ0v) is 10.8. The van der Waals surface area contributed by atoms with Crippen LogP contribution in [0.2, 0.25) is 0 Å². The average molecular weight is 251 g/mol. The van der Waals surface area contributed by atoms with Gasteiger partial charge in [0.1, 0.15) is 0 Å². The maximum Gasteiger partial charge on any atom is 0.248 e. The van der Waals surface area contributed by atoms with Crippen molar-refractivity contribution in [1.82, 2.24) is 15.2 Å². The number of nitrogens with zero attached hydrogens (tertiary/aromatic N) is 1. The van der Waals surface area contributed by atoms with E-state index in [0.29, 0.717) is 12.6 Å². The Morgan fingerprint density at radius 2 is 2.22 bits per heavy atom. The van der Waals surface area contributed by atoms with Gasteiger partial charge < -0.3 is 15.0 Å². The second kappa shape index (κ2) is 6.68.